The fraction of sp³-hybridized carbons (Fsp3) is 0.306. The number of hydrogen-bond acceptors (Lipinski definition) is 7. The van der Waals surface area contributed by atoms with E-state index in [0.29, 0.717) is 11.1 Å². The molecule has 4 aromatic rings. The van der Waals surface area contributed by atoms with Crippen molar-refractivity contribution in [3.8, 4) is 0 Å². The number of ether oxygens (including phenoxy) is 5. The van der Waals surface area contributed by atoms with Gasteiger partial charge in [0.15, 0.2) is 0 Å². The first-order valence-electron chi connectivity index (χ1n) is 14.8. The van der Waals surface area contributed by atoms with Gasteiger partial charge in [-0.2, -0.15) is 13.2 Å². The van der Waals surface area contributed by atoms with Gasteiger partial charge < -0.3 is 28.8 Å². The Morgan fingerprint density at radius 1 is 0.630 bits per heavy atom. The third-order valence-electron chi connectivity index (χ3n) is 7.52. The van der Waals surface area contributed by atoms with Gasteiger partial charge in [-0.3, -0.25) is 4.79 Å². The largest absolute Gasteiger partial charge is 0.455 e. The summed E-state index contributed by atoms with van der Waals surface area (Å²) in [5.41, 5.74) is 2.89. The summed E-state index contributed by atoms with van der Waals surface area (Å²) < 4.78 is 72.5. The number of Topliss-reactive ketones (excluding diaryl/α,β-unsaturated/α-hetero) is 1. The van der Waals surface area contributed by atoms with E-state index in [4.69, 9.17) is 23.7 Å². The Hall–Kier alpha value is -3.90. The lowest BCUT2D eigenvalue weighted by molar-refractivity contribution is -0.361. The molecule has 4 aromatic carbocycles. The molecular weight excluding hydrogens is 601 g/mol. The van der Waals surface area contributed by atoms with E-state index >= 15 is 0 Å². The Kier molecular flexibility index (Phi) is 11.3. The van der Waals surface area contributed by atoms with Crippen molar-refractivity contribution in [1.82, 2.24) is 0 Å². The fourth-order valence-corrected chi connectivity index (χ4v) is 5.24. The molecule has 7 nitrogen and oxygen atoms in total. The van der Waals surface area contributed by atoms with Crippen LogP contribution in [0.25, 0.3) is 0 Å². The van der Waals surface area contributed by atoms with Crippen molar-refractivity contribution in [3.63, 3.8) is 0 Å². The lowest BCUT2D eigenvalue weighted by atomic mass is 9.89. The molecule has 5 rings (SSSR count). The van der Waals surface area contributed by atoms with Gasteiger partial charge in [0.25, 0.3) is 11.6 Å². The highest BCUT2D eigenvalue weighted by Crippen LogP contribution is 2.39. The topological polar surface area (TPSA) is 83.5 Å². The number of alkyl halides is 3. The van der Waals surface area contributed by atoms with Gasteiger partial charge in [0, 0.05) is 0 Å². The van der Waals surface area contributed by atoms with Gasteiger partial charge in [-0.25, -0.2) is 0 Å². The molecule has 0 aliphatic carbocycles. The van der Waals surface area contributed by atoms with Crippen LogP contribution in [0.5, 0.6) is 0 Å². The fourth-order valence-electron chi connectivity index (χ4n) is 5.24. The summed E-state index contributed by atoms with van der Waals surface area (Å²) in [5.74, 6) is -5.98. The maximum atomic E-state index is 14.1. The van der Waals surface area contributed by atoms with Crippen molar-refractivity contribution >= 4 is 5.78 Å². The molecule has 0 radical (unpaired) electrons. The number of benzene rings is 4. The van der Waals surface area contributed by atoms with Crippen molar-refractivity contribution in [3.05, 3.63) is 144 Å². The summed E-state index contributed by atoms with van der Waals surface area (Å²) in [4.78, 5) is 13.0. The Balaban J connectivity index is 1.51. The van der Waals surface area contributed by atoms with E-state index in [1.807, 2.05) is 66.7 Å². The molecule has 0 amide bonds. The minimum Gasteiger partial charge on any atom is -0.374 e. The molecule has 242 valence electrons. The van der Waals surface area contributed by atoms with Crippen LogP contribution in [0.3, 0.4) is 0 Å². The highest BCUT2D eigenvalue weighted by molar-refractivity contribution is 5.91. The Morgan fingerprint density at radius 3 is 1.46 bits per heavy atom. The summed E-state index contributed by atoms with van der Waals surface area (Å²) in [7, 11) is 0. The molecule has 46 heavy (non-hydrogen) atoms. The van der Waals surface area contributed by atoms with Gasteiger partial charge in [0.2, 0.25) is 0 Å². The molecule has 1 N–H and O–H groups in total. The van der Waals surface area contributed by atoms with E-state index in [2.05, 4.69) is 0 Å². The van der Waals surface area contributed by atoms with E-state index in [1.54, 1.807) is 54.6 Å². The van der Waals surface area contributed by atoms with Crippen LogP contribution >= 0.6 is 0 Å². The first-order valence-corrected chi connectivity index (χ1v) is 14.8. The molecule has 1 unspecified atom stereocenters. The lowest BCUT2D eigenvalue weighted by Crippen LogP contribution is -2.71. The Labute approximate surface area is 265 Å². The number of carbonyl (C=O) groups is 1. The molecule has 0 bridgehead atoms. The van der Waals surface area contributed by atoms with Crippen molar-refractivity contribution in [2.75, 3.05) is 6.61 Å². The summed E-state index contributed by atoms with van der Waals surface area (Å²) in [6, 6.07) is 35.9. The Morgan fingerprint density at radius 2 is 1.02 bits per heavy atom. The maximum absolute atomic E-state index is 14.1. The normalized spacial score (nSPS) is 23.2. The third-order valence-corrected chi connectivity index (χ3v) is 7.52. The second-order valence-corrected chi connectivity index (χ2v) is 10.9. The van der Waals surface area contributed by atoms with Crippen LogP contribution in [0.15, 0.2) is 121 Å². The number of ketones is 1. The van der Waals surface area contributed by atoms with Crippen molar-refractivity contribution in [2.45, 2.75) is 62.8 Å². The van der Waals surface area contributed by atoms with Gasteiger partial charge in [-0.15, -0.1) is 0 Å². The molecule has 1 fully saturated rings. The smallest absolute Gasteiger partial charge is 0.374 e. The van der Waals surface area contributed by atoms with Crippen LogP contribution in [-0.4, -0.2) is 53.9 Å². The number of halogens is 3. The van der Waals surface area contributed by atoms with Crippen LogP contribution < -0.4 is 0 Å². The molecule has 5 atom stereocenters. The van der Waals surface area contributed by atoms with Gasteiger partial charge in [0.05, 0.1) is 33.0 Å². The second kappa shape index (κ2) is 15.6. The zero-order valence-electron chi connectivity index (χ0n) is 24.9. The third kappa shape index (κ3) is 8.67. The number of carbonyl (C=O) groups excluding carboxylic acids is 1. The van der Waals surface area contributed by atoms with Gasteiger partial charge >= 0.3 is 6.18 Å². The number of hydrogen-bond donors (Lipinski definition) is 1. The number of rotatable bonds is 14. The van der Waals surface area contributed by atoms with Crippen molar-refractivity contribution in [1.29, 1.82) is 0 Å². The second-order valence-electron chi connectivity index (χ2n) is 10.9. The molecule has 1 heterocycles. The van der Waals surface area contributed by atoms with Gasteiger partial charge in [-0.1, -0.05) is 121 Å². The van der Waals surface area contributed by atoms with E-state index in [1.165, 1.54) is 0 Å². The summed E-state index contributed by atoms with van der Waals surface area (Å²) in [6.07, 6.45) is -11.3. The van der Waals surface area contributed by atoms with Crippen LogP contribution in [0.4, 0.5) is 13.2 Å². The van der Waals surface area contributed by atoms with E-state index in [9.17, 15) is 23.1 Å². The van der Waals surface area contributed by atoms with Crippen molar-refractivity contribution < 1.29 is 46.8 Å². The van der Waals surface area contributed by atoms with E-state index in [-0.39, 0.29) is 33.0 Å². The molecule has 0 aromatic heterocycles. The van der Waals surface area contributed by atoms with E-state index < -0.39 is 42.2 Å². The maximum Gasteiger partial charge on any atom is 0.455 e. The quantitative estimate of drug-likeness (QED) is 0.177. The first-order chi connectivity index (χ1) is 22.2. The molecule has 1 aliphatic heterocycles. The number of aliphatic hydroxyl groups is 1. The summed E-state index contributed by atoms with van der Waals surface area (Å²) in [5, 5.41) is 11.7. The monoisotopic (exact) mass is 636 g/mol. The predicted octanol–water partition coefficient (Wildman–Crippen LogP) is 6.18. The highest BCUT2D eigenvalue weighted by Gasteiger charge is 2.66. The zero-order valence-corrected chi connectivity index (χ0v) is 24.9. The standard InChI is InChI=1S/C36H35F3O7/c37-36(38,39)34(40)35(41)33(45-24-29-19-11-4-12-20-29)32(44-23-28-17-9-3-10-18-28)31(43-22-27-15-7-2-8-16-27)30(46-35)25-42-21-26-13-5-1-6-14-26/h1-20,30-33,41H,21-25H2/t30-,31-,32+,33-,35?/m1/s1. The zero-order chi connectivity index (χ0) is 32.4. The highest BCUT2D eigenvalue weighted by atomic mass is 19.4. The Bertz CT molecular complexity index is 1490. The summed E-state index contributed by atoms with van der Waals surface area (Å²) in [6.45, 7) is -0.504. The van der Waals surface area contributed by atoms with Crippen LogP contribution in [0.1, 0.15) is 22.3 Å². The van der Waals surface area contributed by atoms with Gasteiger partial charge in [-0.05, 0) is 22.3 Å². The molecular formula is C36H35F3O7. The minimum absolute atomic E-state index is 0.0340. The molecule has 1 saturated heterocycles. The average Bonchev–Trinajstić information content (AvgIpc) is 3.07. The predicted molar refractivity (Wildman–Crippen MR) is 162 cm³/mol. The van der Waals surface area contributed by atoms with Crippen LogP contribution in [0.2, 0.25) is 0 Å². The molecule has 0 saturated carbocycles. The van der Waals surface area contributed by atoms with Crippen LogP contribution in [-0.2, 0) is 54.9 Å². The molecule has 1 aliphatic rings. The summed E-state index contributed by atoms with van der Waals surface area (Å²) >= 11 is 0. The first kappa shape index (κ1) is 33.5. The average molecular weight is 637 g/mol. The minimum atomic E-state index is -5.46. The molecule has 0 spiro atoms. The van der Waals surface area contributed by atoms with E-state index in [0.717, 1.165) is 11.1 Å². The SMILES string of the molecule is O=C(C(F)(F)F)C1(O)O[C@H](COCc2ccccc2)[C@@H](OCc2ccccc2)[C@H](OCc2ccccc2)[C@H]1OCc1ccccc1. The lowest BCUT2D eigenvalue weighted by Gasteiger charge is -2.49. The van der Waals surface area contributed by atoms with Crippen molar-refractivity contribution in [2.24, 2.45) is 0 Å². The molecule has 10 heteroatoms. The van der Waals surface area contributed by atoms with Crippen LogP contribution in [0, 0.1) is 0 Å². The van der Waals surface area contributed by atoms with Gasteiger partial charge in [0.1, 0.15) is 24.4 Å².